The molecule has 1 amide bonds. The molecule has 7 heteroatoms. The van der Waals surface area contributed by atoms with Crippen LogP contribution in [0.4, 0.5) is 0 Å². The van der Waals surface area contributed by atoms with E-state index < -0.39 is 17.1 Å². The molecule has 1 heterocycles. The summed E-state index contributed by atoms with van der Waals surface area (Å²) in [5, 5.41) is 23.1. The van der Waals surface area contributed by atoms with Gasteiger partial charge in [-0.3, -0.25) is 9.59 Å². The van der Waals surface area contributed by atoms with Crippen LogP contribution in [0.25, 0.3) is 0 Å². The number of phenols is 1. The first kappa shape index (κ1) is 22.0. The molecular weight excluding hydrogens is 398 g/mol. The van der Waals surface area contributed by atoms with Gasteiger partial charge in [-0.1, -0.05) is 36.4 Å². The molecule has 1 aromatic heterocycles. The smallest absolute Gasteiger partial charge is 0.227 e. The van der Waals surface area contributed by atoms with Crippen molar-refractivity contribution < 1.29 is 24.2 Å². The highest BCUT2D eigenvalue weighted by molar-refractivity contribution is 5.77. The molecule has 0 fully saturated rings. The standard InChI is InChI=1S/C24H25NO6/c1-15-12-20(27)23(29)24(31-15)18(17-8-9-19(26)21(13-17)30-2)14-22(28)25-11-10-16-6-4-3-5-7-16/h3-9,12-13,18,26,29H,10-11,14H2,1-2H3,(H,25,28)/t18-/m0/s1. The molecule has 0 radical (unpaired) electrons. The minimum Gasteiger partial charge on any atom is -0.504 e. The highest BCUT2D eigenvalue weighted by atomic mass is 16.5. The molecule has 162 valence electrons. The number of carbonyl (C=O) groups is 1. The number of hydrogen-bond acceptors (Lipinski definition) is 6. The Hall–Kier alpha value is -3.74. The van der Waals surface area contributed by atoms with Crippen LogP contribution in [0.1, 0.15) is 35.0 Å². The molecule has 0 saturated carbocycles. The summed E-state index contributed by atoms with van der Waals surface area (Å²) < 4.78 is 10.8. The van der Waals surface area contributed by atoms with E-state index >= 15 is 0 Å². The maximum Gasteiger partial charge on any atom is 0.227 e. The Labute approximate surface area is 179 Å². The second kappa shape index (κ2) is 9.84. The van der Waals surface area contributed by atoms with Crippen LogP contribution in [-0.4, -0.2) is 29.8 Å². The third kappa shape index (κ3) is 5.45. The summed E-state index contributed by atoms with van der Waals surface area (Å²) in [6, 6.07) is 15.5. The van der Waals surface area contributed by atoms with Gasteiger partial charge in [0.05, 0.1) is 13.0 Å². The Balaban J connectivity index is 1.86. The highest BCUT2D eigenvalue weighted by Gasteiger charge is 2.26. The fourth-order valence-corrected chi connectivity index (χ4v) is 3.38. The molecule has 0 unspecified atom stereocenters. The molecule has 0 aliphatic carbocycles. The Kier molecular flexibility index (Phi) is 6.97. The number of phenolic OH excluding ortho intramolecular Hbond substituents is 1. The fourth-order valence-electron chi connectivity index (χ4n) is 3.38. The van der Waals surface area contributed by atoms with Crippen molar-refractivity contribution >= 4 is 5.91 Å². The normalized spacial score (nSPS) is 11.7. The molecule has 7 nitrogen and oxygen atoms in total. The Morgan fingerprint density at radius 1 is 1.13 bits per heavy atom. The summed E-state index contributed by atoms with van der Waals surface area (Å²) in [5.74, 6) is -1.10. The van der Waals surface area contributed by atoms with Crippen molar-refractivity contribution in [3.63, 3.8) is 0 Å². The summed E-state index contributed by atoms with van der Waals surface area (Å²) in [7, 11) is 1.41. The van der Waals surface area contributed by atoms with Gasteiger partial charge in [0.2, 0.25) is 17.1 Å². The van der Waals surface area contributed by atoms with Crippen LogP contribution in [0.3, 0.4) is 0 Å². The summed E-state index contributed by atoms with van der Waals surface area (Å²) >= 11 is 0. The molecule has 0 aliphatic rings. The number of rotatable bonds is 8. The van der Waals surface area contributed by atoms with Crippen LogP contribution in [-0.2, 0) is 11.2 Å². The number of carbonyl (C=O) groups excluding carboxylic acids is 1. The third-order valence-corrected chi connectivity index (χ3v) is 4.96. The van der Waals surface area contributed by atoms with Gasteiger partial charge < -0.3 is 24.7 Å². The van der Waals surface area contributed by atoms with Gasteiger partial charge in [-0.15, -0.1) is 0 Å². The minimum absolute atomic E-state index is 0.00375. The second-order valence-electron chi connectivity index (χ2n) is 7.21. The van der Waals surface area contributed by atoms with E-state index in [0.717, 1.165) is 5.56 Å². The van der Waals surface area contributed by atoms with E-state index in [1.165, 1.54) is 19.2 Å². The van der Waals surface area contributed by atoms with E-state index in [0.29, 0.717) is 24.3 Å². The molecular formula is C24H25NO6. The minimum atomic E-state index is -0.751. The Morgan fingerprint density at radius 2 is 1.87 bits per heavy atom. The summed E-state index contributed by atoms with van der Waals surface area (Å²) in [4.78, 5) is 24.8. The maximum atomic E-state index is 12.7. The second-order valence-corrected chi connectivity index (χ2v) is 7.21. The molecule has 0 spiro atoms. The molecule has 0 saturated heterocycles. The lowest BCUT2D eigenvalue weighted by Gasteiger charge is -2.19. The first-order valence-corrected chi connectivity index (χ1v) is 9.90. The van der Waals surface area contributed by atoms with E-state index in [1.807, 2.05) is 30.3 Å². The van der Waals surface area contributed by atoms with Gasteiger partial charge in [0.1, 0.15) is 5.76 Å². The van der Waals surface area contributed by atoms with Crippen LogP contribution in [0.15, 0.2) is 63.8 Å². The Bertz CT molecular complexity index is 1110. The van der Waals surface area contributed by atoms with Gasteiger partial charge >= 0.3 is 0 Å². The van der Waals surface area contributed by atoms with Crippen LogP contribution in [0, 0.1) is 6.92 Å². The molecule has 31 heavy (non-hydrogen) atoms. The SMILES string of the molecule is COc1cc([C@H](CC(=O)NCCc2ccccc2)c2oc(C)cc(=O)c2O)ccc1O. The zero-order valence-electron chi connectivity index (χ0n) is 17.4. The lowest BCUT2D eigenvalue weighted by molar-refractivity contribution is -0.121. The lowest BCUT2D eigenvalue weighted by atomic mass is 9.91. The number of nitrogens with one attached hydrogen (secondary N) is 1. The summed E-state index contributed by atoms with van der Waals surface area (Å²) in [5.41, 5.74) is 1.07. The average Bonchev–Trinajstić information content (AvgIpc) is 2.76. The third-order valence-electron chi connectivity index (χ3n) is 4.96. The van der Waals surface area contributed by atoms with Crippen molar-refractivity contribution in [3.05, 3.63) is 87.5 Å². The van der Waals surface area contributed by atoms with Crippen LogP contribution >= 0.6 is 0 Å². The van der Waals surface area contributed by atoms with Crippen LogP contribution < -0.4 is 15.5 Å². The lowest BCUT2D eigenvalue weighted by Crippen LogP contribution is -2.27. The molecule has 2 aromatic carbocycles. The number of methoxy groups -OCH3 is 1. The predicted octanol–water partition coefficient (Wildman–Crippen LogP) is 3.25. The van der Waals surface area contributed by atoms with Crippen molar-refractivity contribution in [1.29, 1.82) is 0 Å². The van der Waals surface area contributed by atoms with E-state index in [4.69, 9.17) is 9.15 Å². The predicted molar refractivity (Wildman–Crippen MR) is 116 cm³/mol. The highest BCUT2D eigenvalue weighted by Crippen LogP contribution is 2.37. The number of ether oxygens (including phenoxy) is 1. The molecule has 3 aromatic rings. The van der Waals surface area contributed by atoms with E-state index in [9.17, 15) is 19.8 Å². The van der Waals surface area contributed by atoms with Crippen LogP contribution in [0.2, 0.25) is 0 Å². The largest absolute Gasteiger partial charge is 0.504 e. The molecule has 1 atom stereocenters. The quantitative estimate of drug-likeness (QED) is 0.513. The molecule has 0 bridgehead atoms. The number of aromatic hydroxyl groups is 2. The molecule has 0 aliphatic heterocycles. The zero-order chi connectivity index (χ0) is 22.4. The van der Waals surface area contributed by atoms with Crippen LogP contribution in [0.5, 0.6) is 17.2 Å². The van der Waals surface area contributed by atoms with Gasteiger partial charge in [-0.2, -0.15) is 0 Å². The van der Waals surface area contributed by atoms with E-state index in [2.05, 4.69) is 5.32 Å². The van der Waals surface area contributed by atoms with Crippen molar-refractivity contribution in [1.82, 2.24) is 5.32 Å². The van der Waals surface area contributed by atoms with E-state index in [1.54, 1.807) is 19.1 Å². The number of amides is 1. The monoisotopic (exact) mass is 423 g/mol. The fraction of sp³-hybridized carbons (Fsp3) is 0.250. The van der Waals surface area contributed by atoms with Crippen molar-refractivity contribution in [2.75, 3.05) is 13.7 Å². The first-order valence-electron chi connectivity index (χ1n) is 9.90. The van der Waals surface area contributed by atoms with Crippen molar-refractivity contribution in [3.8, 4) is 17.2 Å². The van der Waals surface area contributed by atoms with Gasteiger partial charge in [0, 0.05) is 19.0 Å². The van der Waals surface area contributed by atoms with E-state index in [-0.39, 0.29) is 29.6 Å². The van der Waals surface area contributed by atoms with Gasteiger partial charge in [0.15, 0.2) is 17.3 Å². The molecule has 3 rings (SSSR count). The average molecular weight is 423 g/mol. The number of aryl methyl sites for hydroxylation is 1. The van der Waals surface area contributed by atoms with Crippen molar-refractivity contribution in [2.45, 2.75) is 25.7 Å². The number of hydrogen-bond donors (Lipinski definition) is 3. The zero-order valence-corrected chi connectivity index (χ0v) is 17.4. The van der Waals surface area contributed by atoms with Gasteiger partial charge in [-0.25, -0.2) is 0 Å². The summed E-state index contributed by atoms with van der Waals surface area (Å²) in [6.45, 7) is 2.04. The first-order chi connectivity index (χ1) is 14.9. The van der Waals surface area contributed by atoms with Crippen molar-refractivity contribution in [2.24, 2.45) is 0 Å². The molecule has 3 N–H and O–H groups in total. The number of benzene rings is 2. The Morgan fingerprint density at radius 3 is 2.58 bits per heavy atom. The van der Waals surface area contributed by atoms with Gasteiger partial charge in [-0.05, 0) is 36.6 Å². The topological polar surface area (TPSA) is 109 Å². The van der Waals surface area contributed by atoms with Gasteiger partial charge in [0.25, 0.3) is 0 Å². The maximum absolute atomic E-state index is 12.7. The summed E-state index contributed by atoms with van der Waals surface area (Å²) in [6.07, 6.45) is 0.609.